The zero-order chi connectivity index (χ0) is 16.6. The second-order valence-corrected chi connectivity index (χ2v) is 7.54. The van der Waals surface area contributed by atoms with Gasteiger partial charge in [0.2, 0.25) is 0 Å². The van der Waals surface area contributed by atoms with Gasteiger partial charge in [0, 0.05) is 5.57 Å². The van der Waals surface area contributed by atoms with E-state index in [1.165, 1.54) is 11.1 Å². The van der Waals surface area contributed by atoms with Crippen molar-refractivity contribution in [1.29, 1.82) is 0 Å². The first-order chi connectivity index (χ1) is 10.9. The second-order valence-electron chi connectivity index (χ2n) is 7.54. The Balaban J connectivity index is 1.80. The van der Waals surface area contributed by atoms with Crippen molar-refractivity contribution in [3.05, 3.63) is 34.4 Å². The molecule has 1 aliphatic carbocycles. The summed E-state index contributed by atoms with van der Waals surface area (Å²) in [7, 11) is 0. The fraction of sp³-hybridized carbons (Fsp3) is 0.650. The molecule has 0 N–H and O–H groups in total. The van der Waals surface area contributed by atoms with Gasteiger partial charge in [-0.1, -0.05) is 17.2 Å². The topological polar surface area (TPSA) is 38.8 Å². The third-order valence-corrected chi connectivity index (χ3v) is 5.56. The summed E-state index contributed by atoms with van der Waals surface area (Å²) in [5, 5.41) is 0. The van der Waals surface area contributed by atoms with Crippen molar-refractivity contribution in [2.45, 2.75) is 84.0 Å². The number of carbonyl (C=O) groups is 1. The first-order valence-electron chi connectivity index (χ1n) is 8.80. The van der Waals surface area contributed by atoms with Crippen molar-refractivity contribution < 1.29 is 14.3 Å². The molecule has 3 atom stereocenters. The summed E-state index contributed by atoms with van der Waals surface area (Å²) < 4.78 is 11.5. The van der Waals surface area contributed by atoms with Crippen molar-refractivity contribution in [3.8, 4) is 0 Å². The number of hydrogen-bond acceptors (Lipinski definition) is 3. The SMILES string of the molecule is CC1=CCC[C@]2(C)O[C@H]2CCC(C)=C[C@H]2OC(=O)C(C)=C2CC1. The highest BCUT2D eigenvalue weighted by Crippen LogP contribution is 2.44. The van der Waals surface area contributed by atoms with Gasteiger partial charge >= 0.3 is 5.97 Å². The molecule has 1 fully saturated rings. The lowest BCUT2D eigenvalue weighted by atomic mass is 9.93. The van der Waals surface area contributed by atoms with Crippen molar-refractivity contribution in [3.63, 3.8) is 0 Å². The average Bonchev–Trinajstić information content (AvgIpc) is 3.06. The fourth-order valence-electron chi connectivity index (χ4n) is 3.70. The molecule has 0 amide bonds. The van der Waals surface area contributed by atoms with E-state index in [2.05, 4.69) is 32.9 Å². The Kier molecular flexibility index (Phi) is 4.50. The molecule has 126 valence electrons. The van der Waals surface area contributed by atoms with E-state index >= 15 is 0 Å². The standard InChI is InChI=1S/C20H28O3/c1-13-6-5-11-20(4)18(23-20)10-8-14(2)12-17-16(9-7-13)15(3)19(21)22-17/h6,12,17-18H,5,7-11H2,1-4H3/t17-,18+,20+/m1/s1. The number of hydrogen-bond donors (Lipinski definition) is 0. The monoisotopic (exact) mass is 316 g/mol. The van der Waals surface area contributed by atoms with Crippen molar-refractivity contribution in [2.24, 2.45) is 0 Å². The number of ether oxygens (including phenoxy) is 2. The van der Waals surface area contributed by atoms with E-state index in [0.717, 1.165) is 49.7 Å². The van der Waals surface area contributed by atoms with Crippen LogP contribution >= 0.6 is 0 Å². The molecule has 23 heavy (non-hydrogen) atoms. The molecule has 3 heteroatoms. The molecule has 0 saturated carbocycles. The Morgan fingerprint density at radius 3 is 2.70 bits per heavy atom. The van der Waals surface area contributed by atoms with Gasteiger partial charge in [-0.25, -0.2) is 4.79 Å². The lowest BCUT2D eigenvalue weighted by Crippen LogP contribution is -2.11. The molecule has 0 bridgehead atoms. The molecule has 1 saturated heterocycles. The minimum Gasteiger partial charge on any atom is -0.450 e. The van der Waals surface area contributed by atoms with Gasteiger partial charge in [0.05, 0.1) is 11.7 Å². The largest absolute Gasteiger partial charge is 0.450 e. The Bertz CT molecular complexity index is 596. The summed E-state index contributed by atoms with van der Waals surface area (Å²) in [5.41, 5.74) is 4.71. The molecule has 2 aliphatic heterocycles. The van der Waals surface area contributed by atoms with E-state index in [-0.39, 0.29) is 17.7 Å². The zero-order valence-corrected chi connectivity index (χ0v) is 14.8. The summed E-state index contributed by atoms with van der Waals surface area (Å²) in [4.78, 5) is 11.9. The number of esters is 1. The molecule has 0 spiro atoms. The van der Waals surface area contributed by atoms with E-state index in [9.17, 15) is 4.79 Å². The van der Waals surface area contributed by atoms with Crippen molar-refractivity contribution >= 4 is 5.97 Å². The normalized spacial score (nSPS) is 35.6. The van der Waals surface area contributed by atoms with Crippen LogP contribution in [0, 0.1) is 0 Å². The summed E-state index contributed by atoms with van der Waals surface area (Å²) in [6.07, 6.45) is 10.8. The van der Waals surface area contributed by atoms with E-state index in [4.69, 9.17) is 9.47 Å². The average molecular weight is 316 g/mol. The van der Waals surface area contributed by atoms with Crippen LogP contribution in [0.3, 0.4) is 0 Å². The van der Waals surface area contributed by atoms with Gasteiger partial charge in [0.1, 0.15) is 6.10 Å². The third-order valence-electron chi connectivity index (χ3n) is 5.56. The second kappa shape index (κ2) is 6.27. The maximum absolute atomic E-state index is 11.9. The van der Waals surface area contributed by atoms with Crippen LogP contribution in [0.5, 0.6) is 0 Å². The molecule has 0 unspecified atom stereocenters. The summed E-state index contributed by atoms with van der Waals surface area (Å²) in [5.74, 6) is -0.155. The van der Waals surface area contributed by atoms with Gasteiger partial charge in [-0.2, -0.15) is 0 Å². The summed E-state index contributed by atoms with van der Waals surface area (Å²) in [6.45, 7) is 8.44. The predicted octanol–water partition coefficient (Wildman–Crippen LogP) is 4.63. The fourth-order valence-corrected chi connectivity index (χ4v) is 3.70. The van der Waals surface area contributed by atoms with Crippen LogP contribution < -0.4 is 0 Å². The molecule has 0 aromatic heterocycles. The van der Waals surface area contributed by atoms with Crippen LogP contribution in [0.25, 0.3) is 0 Å². The smallest absolute Gasteiger partial charge is 0.334 e. The third kappa shape index (κ3) is 3.60. The highest BCUT2D eigenvalue weighted by Gasteiger charge is 2.50. The quantitative estimate of drug-likeness (QED) is 0.371. The van der Waals surface area contributed by atoms with Crippen LogP contribution in [0.15, 0.2) is 34.4 Å². The predicted molar refractivity (Wildman–Crippen MR) is 91.1 cm³/mol. The van der Waals surface area contributed by atoms with E-state index in [0.29, 0.717) is 6.10 Å². The van der Waals surface area contributed by atoms with Crippen LogP contribution in [-0.2, 0) is 14.3 Å². The molecule has 3 rings (SSSR count). The highest BCUT2D eigenvalue weighted by molar-refractivity contribution is 5.92. The van der Waals surface area contributed by atoms with Crippen molar-refractivity contribution in [1.82, 2.24) is 0 Å². The molecule has 0 aromatic rings. The number of rotatable bonds is 0. The van der Waals surface area contributed by atoms with Gasteiger partial charge in [0.25, 0.3) is 0 Å². The maximum Gasteiger partial charge on any atom is 0.334 e. The number of allylic oxidation sites excluding steroid dienone is 3. The Hall–Kier alpha value is -1.35. The maximum atomic E-state index is 11.9. The van der Waals surface area contributed by atoms with Gasteiger partial charge in [0.15, 0.2) is 0 Å². The van der Waals surface area contributed by atoms with Crippen LogP contribution in [0.4, 0.5) is 0 Å². The molecular formula is C20H28O3. The van der Waals surface area contributed by atoms with E-state index in [1.807, 2.05) is 6.92 Å². The molecule has 0 aromatic carbocycles. The molecule has 3 nitrogen and oxygen atoms in total. The summed E-state index contributed by atoms with van der Waals surface area (Å²) >= 11 is 0. The first kappa shape index (κ1) is 16.5. The van der Waals surface area contributed by atoms with Crippen LogP contribution in [-0.4, -0.2) is 23.8 Å². The number of fused-ring (bicyclic) bond motifs is 2. The van der Waals surface area contributed by atoms with Crippen LogP contribution in [0.1, 0.15) is 66.2 Å². The Morgan fingerprint density at radius 2 is 1.91 bits per heavy atom. The van der Waals surface area contributed by atoms with Gasteiger partial charge in [-0.15, -0.1) is 0 Å². The Labute approximate surface area is 139 Å². The zero-order valence-electron chi connectivity index (χ0n) is 14.8. The minimum atomic E-state index is -0.162. The molecule has 0 radical (unpaired) electrons. The minimum absolute atomic E-state index is 0.0721. The summed E-state index contributed by atoms with van der Waals surface area (Å²) in [6, 6.07) is 0. The first-order valence-corrected chi connectivity index (χ1v) is 8.80. The van der Waals surface area contributed by atoms with Gasteiger partial charge in [-0.05, 0) is 77.9 Å². The number of epoxide rings is 1. The highest BCUT2D eigenvalue weighted by atomic mass is 16.6. The Morgan fingerprint density at radius 1 is 1.13 bits per heavy atom. The van der Waals surface area contributed by atoms with Gasteiger partial charge in [-0.3, -0.25) is 0 Å². The van der Waals surface area contributed by atoms with Crippen LogP contribution in [0.2, 0.25) is 0 Å². The van der Waals surface area contributed by atoms with E-state index in [1.54, 1.807) is 0 Å². The van der Waals surface area contributed by atoms with E-state index < -0.39 is 0 Å². The van der Waals surface area contributed by atoms with Gasteiger partial charge < -0.3 is 9.47 Å². The molecule has 2 heterocycles. The lowest BCUT2D eigenvalue weighted by Gasteiger charge is -2.13. The van der Waals surface area contributed by atoms with Crippen molar-refractivity contribution in [2.75, 3.05) is 0 Å². The lowest BCUT2D eigenvalue weighted by molar-refractivity contribution is -0.138. The number of carbonyl (C=O) groups excluding carboxylic acids is 1. The molecule has 3 aliphatic rings. The molecular weight excluding hydrogens is 288 g/mol.